The molecule has 0 radical (unpaired) electrons. The number of aromatic hydroxyl groups is 1. The summed E-state index contributed by atoms with van der Waals surface area (Å²) in [5.41, 5.74) is 0.868. The Bertz CT molecular complexity index is 864. The molecule has 0 saturated carbocycles. The van der Waals surface area contributed by atoms with Gasteiger partial charge in [-0.1, -0.05) is 6.07 Å². The Hall–Kier alpha value is -2.80. The lowest BCUT2D eigenvalue weighted by molar-refractivity contribution is -0.113. The van der Waals surface area contributed by atoms with Crippen molar-refractivity contribution in [3.05, 3.63) is 58.8 Å². The second-order valence-corrected chi connectivity index (χ2v) is 6.15. The van der Waals surface area contributed by atoms with E-state index in [9.17, 15) is 19.1 Å². The molecule has 5 nitrogen and oxygen atoms in total. The van der Waals surface area contributed by atoms with Gasteiger partial charge in [-0.3, -0.25) is 9.59 Å². The second-order valence-electron chi connectivity index (χ2n) is 5.15. The summed E-state index contributed by atoms with van der Waals surface area (Å²) in [6.45, 7) is 2.22. The maximum absolute atomic E-state index is 13.0. The maximum Gasteiger partial charge on any atom is 0.298 e. The first-order valence-corrected chi connectivity index (χ1v) is 8.30. The first kappa shape index (κ1) is 17.0. The first-order valence-electron chi connectivity index (χ1n) is 7.49. The minimum Gasteiger partial charge on any atom is -0.504 e. The lowest BCUT2D eigenvalue weighted by Crippen LogP contribution is -2.27. The quantitative estimate of drug-likeness (QED) is 0.830. The van der Waals surface area contributed by atoms with Crippen molar-refractivity contribution in [2.45, 2.75) is 6.92 Å². The van der Waals surface area contributed by atoms with Crippen LogP contribution in [0.15, 0.2) is 47.4 Å². The number of halogens is 1. The van der Waals surface area contributed by atoms with Crippen LogP contribution in [-0.4, -0.2) is 22.9 Å². The molecule has 7 heteroatoms. The SMILES string of the molecule is CCOc1ccc(C=C2SC(=O)N(c3ccc(F)cc3)C2=O)cc1O. The smallest absolute Gasteiger partial charge is 0.298 e. The Morgan fingerprint density at radius 1 is 1.20 bits per heavy atom. The van der Waals surface area contributed by atoms with Crippen LogP contribution >= 0.6 is 11.8 Å². The van der Waals surface area contributed by atoms with Crippen molar-refractivity contribution in [1.29, 1.82) is 0 Å². The number of phenols is 1. The summed E-state index contributed by atoms with van der Waals surface area (Å²) in [5.74, 6) is -0.640. The third kappa shape index (κ3) is 3.51. The highest BCUT2D eigenvalue weighted by molar-refractivity contribution is 8.19. The van der Waals surface area contributed by atoms with E-state index in [1.54, 1.807) is 19.1 Å². The van der Waals surface area contributed by atoms with Gasteiger partial charge in [0.1, 0.15) is 5.82 Å². The van der Waals surface area contributed by atoms with Crippen molar-refractivity contribution >= 4 is 34.7 Å². The first-order chi connectivity index (χ1) is 12.0. The van der Waals surface area contributed by atoms with Crippen LogP contribution in [0.2, 0.25) is 0 Å². The number of amides is 2. The molecule has 0 atom stereocenters. The zero-order valence-corrected chi connectivity index (χ0v) is 14.0. The molecule has 3 rings (SSSR count). The van der Waals surface area contributed by atoms with Gasteiger partial charge in [-0.25, -0.2) is 9.29 Å². The number of hydrogen-bond donors (Lipinski definition) is 1. The average Bonchev–Trinajstić information content (AvgIpc) is 2.85. The van der Waals surface area contributed by atoms with Gasteiger partial charge in [-0.2, -0.15) is 0 Å². The van der Waals surface area contributed by atoms with E-state index in [4.69, 9.17) is 4.74 Å². The van der Waals surface area contributed by atoms with Gasteiger partial charge in [-0.05, 0) is 66.7 Å². The zero-order chi connectivity index (χ0) is 18.0. The third-order valence-electron chi connectivity index (χ3n) is 3.46. The predicted octanol–water partition coefficient (Wildman–Crippen LogP) is 4.17. The normalized spacial score (nSPS) is 15.9. The molecule has 0 unspecified atom stereocenters. The van der Waals surface area contributed by atoms with Gasteiger partial charge in [0, 0.05) is 0 Å². The summed E-state index contributed by atoms with van der Waals surface area (Å²) in [4.78, 5) is 25.8. The van der Waals surface area contributed by atoms with E-state index in [0.29, 0.717) is 23.6 Å². The molecule has 1 aliphatic heterocycles. The fraction of sp³-hybridized carbons (Fsp3) is 0.111. The highest BCUT2D eigenvalue weighted by Crippen LogP contribution is 2.36. The summed E-state index contributed by atoms with van der Waals surface area (Å²) in [6.07, 6.45) is 1.52. The van der Waals surface area contributed by atoms with Crippen molar-refractivity contribution in [2.75, 3.05) is 11.5 Å². The second kappa shape index (κ2) is 6.98. The summed E-state index contributed by atoms with van der Waals surface area (Å²) in [7, 11) is 0. The van der Waals surface area contributed by atoms with E-state index in [-0.39, 0.29) is 10.7 Å². The van der Waals surface area contributed by atoms with Gasteiger partial charge in [0.2, 0.25) is 0 Å². The number of hydrogen-bond acceptors (Lipinski definition) is 5. The van der Waals surface area contributed by atoms with E-state index < -0.39 is 17.0 Å². The van der Waals surface area contributed by atoms with Crippen LogP contribution in [0, 0.1) is 5.82 Å². The molecular weight excluding hydrogens is 345 g/mol. The predicted molar refractivity (Wildman–Crippen MR) is 94.1 cm³/mol. The van der Waals surface area contributed by atoms with E-state index in [1.165, 1.54) is 36.4 Å². The molecule has 128 valence electrons. The number of imide groups is 1. The largest absolute Gasteiger partial charge is 0.504 e. The Kier molecular flexibility index (Phi) is 4.76. The number of phenolic OH excluding ortho intramolecular Hbond substituents is 1. The van der Waals surface area contributed by atoms with Crippen LogP contribution < -0.4 is 9.64 Å². The van der Waals surface area contributed by atoms with Gasteiger partial charge in [0.15, 0.2) is 11.5 Å². The number of benzene rings is 2. The maximum atomic E-state index is 13.0. The molecule has 1 fully saturated rings. The van der Waals surface area contributed by atoms with Crippen molar-refractivity contribution in [3.8, 4) is 11.5 Å². The highest BCUT2D eigenvalue weighted by Gasteiger charge is 2.36. The van der Waals surface area contributed by atoms with Gasteiger partial charge in [0.25, 0.3) is 11.1 Å². The number of ether oxygens (including phenoxy) is 1. The summed E-state index contributed by atoms with van der Waals surface area (Å²) in [6, 6.07) is 9.84. The van der Waals surface area contributed by atoms with Crippen molar-refractivity contribution < 1.29 is 23.8 Å². The molecule has 2 amide bonds. The molecule has 1 aliphatic rings. The fourth-order valence-corrected chi connectivity index (χ4v) is 3.17. The molecule has 1 heterocycles. The molecule has 0 aliphatic carbocycles. The van der Waals surface area contributed by atoms with Crippen molar-refractivity contribution in [2.24, 2.45) is 0 Å². The van der Waals surface area contributed by atoms with E-state index in [0.717, 1.165) is 16.7 Å². The van der Waals surface area contributed by atoms with Crippen LogP contribution in [0.5, 0.6) is 11.5 Å². The summed E-state index contributed by atoms with van der Waals surface area (Å²) < 4.78 is 18.3. The van der Waals surface area contributed by atoms with E-state index in [2.05, 4.69) is 0 Å². The average molecular weight is 359 g/mol. The summed E-state index contributed by atoms with van der Waals surface area (Å²) >= 11 is 0.788. The lowest BCUT2D eigenvalue weighted by atomic mass is 10.2. The van der Waals surface area contributed by atoms with E-state index >= 15 is 0 Å². The van der Waals surface area contributed by atoms with Crippen LogP contribution in [-0.2, 0) is 4.79 Å². The number of carbonyl (C=O) groups is 2. The standard InChI is InChI=1S/C18H14FNO4S/c1-2-24-15-8-3-11(9-14(15)21)10-16-17(22)20(18(23)25-16)13-6-4-12(19)5-7-13/h3-10,21H,2H2,1H3. The Labute approximate surface area is 147 Å². The number of nitrogens with zero attached hydrogens (tertiary/aromatic N) is 1. The molecule has 2 aromatic carbocycles. The Morgan fingerprint density at radius 3 is 2.56 bits per heavy atom. The molecule has 0 aromatic heterocycles. The molecular formula is C18H14FNO4S. The lowest BCUT2D eigenvalue weighted by Gasteiger charge is -2.11. The summed E-state index contributed by atoms with van der Waals surface area (Å²) in [5, 5.41) is 9.45. The number of carbonyl (C=O) groups excluding carboxylic acids is 2. The zero-order valence-electron chi connectivity index (χ0n) is 13.2. The number of anilines is 1. The Morgan fingerprint density at radius 2 is 1.92 bits per heavy atom. The van der Waals surface area contributed by atoms with Gasteiger partial charge < -0.3 is 9.84 Å². The number of rotatable bonds is 4. The van der Waals surface area contributed by atoms with Crippen LogP contribution in [0.3, 0.4) is 0 Å². The monoisotopic (exact) mass is 359 g/mol. The van der Waals surface area contributed by atoms with Crippen molar-refractivity contribution in [1.82, 2.24) is 0 Å². The van der Waals surface area contributed by atoms with Crippen molar-refractivity contribution in [3.63, 3.8) is 0 Å². The molecule has 25 heavy (non-hydrogen) atoms. The molecule has 1 saturated heterocycles. The van der Waals surface area contributed by atoms with Gasteiger partial charge in [0.05, 0.1) is 17.2 Å². The topological polar surface area (TPSA) is 66.8 Å². The van der Waals surface area contributed by atoms with E-state index in [1.807, 2.05) is 0 Å². The molecule has 1 N–H and O–H groups in total. The van der Waals surface area contributed by atoms with Crippen LogP contribution in [0.1, 0.15) is 12.5 Å². The van der Waals surface area contributed by atoms with Crippen LogP contribution in [0.4, 0.5) is 14.9 Å². The van der Waals surface area contributed by atoms with Gasteiger partial charge in [-0.15, -0.1) is 0 Å². The Balaban J connectivity index is 1.87. The molecule has 2 aromatic rings. The van der Waals surface area contributed by atoms with Crippen LogP contribution in [0.25, 0.3) is 6.08 Å². The third-order valence-corrected chi connectivity index (χ3v) is 4.33. The minimum atomic E-state index is -0.491. The number of thioether (sulfide) groups is 1. The molecule has 0 bridgehead atoms. The highest BCUT2D eigenvalue weighted by atomic mass is 32.2. The van der Waals surface area contributed by atoms with Gasteiger partial charge >= 0.3 is 0 Å². The molecule has 0 spiro atoms. The fourth-order valence-electron chi connectivity index (χ4n) is 2.33. The minimum absolute atomic E-state index is 0.0478.